The van der Waals surface area contributed by atoms with E-state index < -0.39 is 26.5 Å². The van der Waals surface area contributed by atoms with Crippen LogP contribution in [0.3, 0.4) is 0 Å². The van der Waals surface area contributed by atoms with Gasteiger partial charge in [-0.3, -0.25) is 18.6 Å². The zero-order valence-electron chi connectivity index (χ0n) is 37.1. The first-order valence-electron chi connectivity index (χ1n) is 23.8. The van der Waals surface area contributed by atoms with Crippen LogP contribution in [-0.2, 0) is 32.7 Å². The van der Waals surface area contributed by atoms with Gasteiger partial charge in [0.25, 0.3) is 0 Å². The van der Waals surface area contributed by atoms with Gasteiger partial charge in [-0.05, 0) is 64.2 Å². The average molecular weight is 828 g/mol. The third kappa shape index (κ3) is 43.9. The van der Waals surface area contributed by atoms with Crippen LogP contribution in [0, 0.1) is 0 Å². The molecule has 0 aromatic heterocycles. The number of hydrogen-bond donors (Lipinski definition) is 2. The Labute approximate surface area is 351 Å². The van der Waals surface area contributed by atoms with Crippen LogP contribution in [0.15, 0.2) is 24.3 Å². The van der Waals surface area contributed by atoms with Gasteiger partial charge >= 0.3 is 19.8 Å². The summed E-state index contributed by atoms with van der Waals surface area (Å²) in [6, 6.07) is 0. The summed E-state index contributed by atoms with van der Waals surface area (Å²) in [5.74, 6) is -0.831. The molecule has 0 saturated carbocycles. The van der Waals surface area contributed by atoms with Crippen molar-refractivity contribution >= 4 is 19.8 Å². The molecule has 0 aliphatic heterocycles. The molecular weight excluding hydrogens is 737 g/mol. The molecule has 336 valence electrons. The molecule has 0 bridgehead atoms. The normalized spacial score (nSPS) is 13.4. The number of esters is 2. The molecule has 0 heterocycles. The largest absolute Gasteiger partial charge is 0.472 e. The van der Waals surface area contributed by atoms with Gasteiger partial charge in [0, 0.05) is 19.4 Å². The Balaban J connectivity index is 4.07. The highest BCUT2D eigenvalue weighted by molar-refractivity contribution is 7.47. The predicted molar refractivity (Wildman–Crippen MR) is 238 cm³/mol. The molecule has 57 heavy (non-hydrogen) atoms. The summed E-state index contributed by atoms with van der Waals surface area (Å²) in [6.45, 7) is 3.74. The minimum atomic E-state index is -4.38. The first kappa shape index (κ1) is 55.5. The van der Waals surface area contributed by atoms with Gasteiger partial charge in [0.1, 0.15) is 6.61 Å². The van der Waals surface area contributed by atoms with Gasteiger partial charge in [-0.1, -0.05) is 179 Å². The van der Waals surface area contributed by atoms with Gasteiger partial charge in [-0.15, -0.1) is 0 Å². The molecule has 2 atom stereocenters. The van der Waals surface area contributed by atoms with E-state index in [4.69, 9.17) is 24.3 Å². The lowest BCUT2D eigenvalue weighted by molar-refractivity contribution is -0.161. The smallest absolute Gasteiger partial charge is 0.462 e. The quantitative estimate of drug-likeness (QED) is 0.0266. The molecule has 0 aliphatic carbocycles. The third-order valence-electron chi connectivity index (χ3n) is 10.3. The number of unbranched alkanes of at least 4 members (excludes halogenated alkanes) is 28. The lowest BCUT2D eigenvalue weighted by atomic mass is 10.0. The van der Waals surface area contributed by atoms with Gasteiger partial charge in [0.2, 0.25) is 0 Å². The molecule has 0 aromatic carbocycles. The number of nitrogens with two attached hydrogens (primary N) is 1. The van der Waals surface area contributed by atoms with Crippen molar-refractivity contribution in [3.63, 3.8) is 0 Å². The number of carbonyl (C=O) groups excluding carboxylic acids is 2. The molecule has 0 amide bonds. The summed E-state index contributed by atoms with van der Waals surface area (Å²) in [4.78, 5) is 34.9. The summed E-state index contributed by atoms with van der Waals surface area (Å²) >= 11 is 0. The van der Waals surface area contributed by atoms with E-state index in [1.807, 2.05) is 0 Å². The van der Waals surface area contributed by atoms with Crippen molar-refractivity contribution in [2.24, 2.45) is 5.73 Å². The number of phosphoric ester groups is 1. The van der Waals surface area contributed by atoms with Crippen molar-refractivity contribution in [1.29, 1.82) is 0 Å². The van der Waals surface area contributed by atoms with E-state index in [1.165, 1.54) is 141 Å². The summed E-state index contributed by atoms with van der Waals surface area (Å²) in [5.41, 5.74) is 5.36. The zero-order valence-corrected chi connectivity index (χ0v) is 38.0. The first-order chi connectivity index (χ1) is 27.8. The van der Waals surface area contributed by atoms with Crippen LogP contribution in [0.1, 0.15) is 232 Å². The highest BCUT2D eigenvalue weighted by Gasteiger charge is 2.26. The van der Waals surface area contributed by atoms with Crippen LogP contribution in [0.5, 0.6) is 0 Å². The highest BCUT2D eigenvalue weighted by atomic mass is 31.2. The summed E-state index contributed by atoms with van der Waals surface area (Å²) < 4.78 is 32.8. The molecular formula is C47H90NO8P. The summed E-state index contributed by atoms with van der Waals surface area (Å²) in [6.07, 6.45) is 47.8. The van der Waals surface area contributed by atoms with Crippen molar-refractivity contribution in [3.05, 3.63) is 24.3 Å². The fourth-order valence-corrected chi connectivity index (χ4v) is 7.51. The van der Waals surface area contributed by atoms with Crippen LogP contribution in [0.2, 0.25) is 0 Å². The molecule has 2 unspecified atom stereocenters. The number of carbonyl (C=O) groups is 2. The average Bonchev–Trinajstić information content (AvgIpc) is 3.20. The van der Waals surface area contributed by atoms with Gasteiger partial charge in [-0.2, -0.15) is 0 Å². The SMILES string of the molecule is CCCCCCCCC=CCCCCCCCCCCCCCC(=O)OC(COC(=O)CCCCCCCC=CCCCCCCCC)COP(=O)(O)OCCN. The van der Waals surface area contributed by atoms with Crippen LogP contribution in [0.25, 0.3) is 0 Å². The van der Waals surface area contributed by atoms with E-state index in [9.17, 15) is 19.0 Å². The van der Waals surface area contributed by atoms with Crippen molar-refractivity contribution < 1.29 is 37.6 Å². The Hall–Kier alpha value is -1.51. The number of hydrogen-bond acceptors (Lipinski definition) is 8. The van der Waals surface area contributed by atoms with Crippen LogP contribution < -0.4 is 5.73 Å². The molecule has 9 nitrogen and oxygen atoms in total. The molecule has 0 aromatic rings. The van der Waals surface area contributed by atoms with E-state index in [1.54, 1.807) is 0 Å². The highest BCUT2D eigenvalue weighted by Crippen LogP contribution is 2.43. The number of ether oxygens (including phenoxy) is 2. The van der Waals surface area contributed by atoms with Crippen molar-refractivity contribution in [2.75, 3.05) is 26.4 Å². The van der Waals surface area contributed by atoms with Crippen molar-refractivity contribution in [1.82, 2.24) is 0 Å². The van der Waals surface area contributed by atoms with Gasteiger partial charge in [0.15, 0.2) is 6.10 Å². The Bertz CT molecular complexity index is 990. The Morgan fingerprint density at radius 3 is 1.25 bits per heavy atom. The Morgan fingerprint density at radius 2 is 0.860 bits per heavy atom. The van der Waals surface area contributed by atoms with E-state index in [-0.39, 0.29) is 38.6 Å². The monoisotopic (exact) mass is 828 g/mol. The van der Waals surface area contributed by atoms with Gasteiger partial charge < -0.3 is 20.1 Å². The standard InChI is InChI=1S/C47H90NO8P/c1-3-5-7-9-11-13-15-17-19-20-21-22-23-24-26-28-30-32-34-36-38-40-47(50)56-45(44-55-57(51,52)54-42-41-48)43-53-46(49)39-37-35-33-31-29-27-25-18-16-14-12-10-8-6-4-2/h17-19,25,45H,3-16,20-24,26-44,48H2,1-2H3,(H,51,52). The van der Waals surface area contributed by atoms with Crippen molar-refractivity contribution in [2.45, 2.75) is 238 Å². The number of allylic oxidation sites excluding steroid dienone is 4. The maximum Gasteiger partial charge on any atom is 0.472 e. The van der Waals surface area contributed by atoms with E-state index in [0.717, 1.165) is 57.8 Å². The van der Waals surface area contributed by atoms with Gasteiger partial charge in [0.05, 0.1) is 13.2 Å². The lowest BCUT2D eigenvalue weighted by Gasteiger charge is -2.19. The van der Waals surface area contributed by atoms with Crippen LogP contribution in [0.4, 0.5) is 0 Å². The van der Waals surface area contributed by atoms with Crippen LogP contribution >= 0.6 is 7.82 Å². The van der Waals surface area contributed by atoms with E-state index in [0.29, 0.717) is 6.42 Å². The molecule has 0 spiro atoms. The van der Waals surface area contributed by atoms with E-state index >= 15 is 0 Å². The topological polar surface area (TPSA) is 134 Å². The number of phosphoric acid groups is 1. The summed E-state index contributed by atoms with van der Waals surface area (Å²) in [5, 5.41) is 0. The molecule has 0 radical (unpaired) electrons. The van der Waals surface area contributed by atoms with E-state index in [2.05, 4.69) is 38.2 Å². The predicted octanol–water partition coefficient (Wildman–Crippen LogP) is 13.9. The fraction of sp³-hybridized carbons (Fsp3) is 0.872. The van der Waals surface area contributed by atoms with Gasteiger partial charge in [-0.25, -0.2) is 4.57 Å². The summed E-state index contributed by atoms with van der Waals surface area (Å²) in [7, 11) is -4.38. The van der Waals surface area contributed by atoms with Crippen molar-refractivity contribution in [3.8, 4) is 0 Å². The maximum atomic E-state index is 12.6. The Morgan fingerprint density at radius 1 is 0.509 bits per heavy atom. The molecule has 3 N–H and O–H groups in total. The number of rotatable bonds is 45. The minimum absolute atomic E-state index is 0.0535. The molecule has 0 aliphatic rings. The minimum Gasteiger partial charge on any atom is -0.462 e. The zero-order chi connectivity index (χ0) is 41.8. The second kappa shape index (κ2) is 44.1. The van der Waals surface area contributed by atoms with Crippen LogP contribution in [-0.4, -0.2) is 49.3 Å². The lowest BCUT2D eigenvalue weighted by Crippen LogP contribution is -2.29. The first-order valence-corrected chi connectivity index (χ1v) is 25.3. The second-order valence-corrected chi connectivity index (χ2v) is 17.4. The maximum absolute atomic E-state index is 12.6. The fourth-order valence-electron chi connectivity index (χ4n) is 6.74. The second-order valence-electron chi connectivity index (χ2n) is 16.0. The third-order valence-corrected chi connectivity index (χ3v) is 11.3. The molecule has 0 saturated heterocycles. The molecule has 10 heteroatoms. The Kier molecular flexibility index (Phi) is 42.9. The molecule has 0 fully saturated rings. The molecule has 0 rings (SSSR count).